The van der Waals surface area contributed by atoms with Gasteiger partial charge in [-0.1, -0.05) is 73.1 Å². The molecule has 2 aromatic rings. The van der Waals surface area contributed by atoms with Crippen molar-refractivity contribution in [3.63, 3.8) is 0 Å². The molecule has 2 heterocycles. The SMILES string of the molecule is CCCCSC1=NN2C(=c3ccccc3=NC2c2ccccc2Cl)C(=O)N1. The smallest absolute Gasteiger partial charge is 0.276 e. The first-order valence-electron chi connectivity index (χ1n) is 8.92. The number of hydrazone groups is 1. The van der Waals surface area contributed by atoms with Gasteiger partial charge in [0.25, 0.3) is 5.91 Å². The molecule has 27 heavy (non-hydrogen) atoms. The van der Waals surface area contributed by atoms with Gasteiger partial charge in [-0.05, 0) is 18.6 Å². The van der Waals surface area contributed by atoms with Gasteiger partial charge < -0.3 is 0 Å². The van der Waals surface area contributed by atoms with E-state index in [4.69, 9.17) is 21.7 Å². The van der Waals surface area contributed by atoms with Crippen molar-refractivity contribution in [3.8, 4) is 0 Å². The van der Waals surface area contributed by atoms with Crippen LogP contribution in [0.2, 0.25) is 5.02 Å². The van der Waals surface area contributed by atoms with Crippen molar-refractivity contribution in [2.75, 3.05) is 5.75 Å². The molecule has 1 amide bonds. The third kappa shape index (κ3) is 3.47. The Hall–Kier alpha value is -2.31. The molecular formula is C20H19ClN4OS. The molecule has 5 nitrogen and oxygen atoms in total. The van der Waals surface area contributed by atoms with Crippen LogP contribution in [0.1, 0.15) is 31.5 Å². The molecule has 2 aliphatic rings. The predicted octanol–water partition coefficient (Wildman–Crippen LogP) is 3.02. The second kappa shape index (κ2) is 7.74. The van der Waals surface area contributed by atoms with Gasteiger partial charge in [0.15, 0.2) is 11.3 Å². The first-order chi connectivity index (χ1) is 13.2. The third-order valence-corrected chi connectivity index (χ3v) is 5.73. The number of carbonyl (C=O) groups is 1. The number of thioether (sulfide) groups is 1. The van der Waals surface area contributed by atoms with Crippen molar-refractivity contribution in [1.29, 1.82) is 0 Å². The summed E-state index contributed by atoms with van der Waals surface area (Å²) in [7, 11) is 0. The van der Waals surface area contributed by atoms with Gasteiger partial charge in [0.05, 0.1) is 5.36 Å². The van der Waals surface area contributed by atoms with E-state index >= 15 is 0 Å². The van der Waals surface area contributed by atoms with Gasteiger partial charge in [-0.2, -0.15) is 0 Å². The number of para-hydroxylation sites is 1. The summed E-state index contributed by atoms with van der Waals surface area (Å²) < 4.78 is 0. The van der Waals surface area contributed by atoms with E-state index in [2.05, 4.69) is 12.2 Å². The quantitative estimate of drug-likeness (QED) is 0.805. The molecule has 0 radical (unpaired) electrons. The van der Waals surface area contributed by atoms with Crippen LogP contribution in [0.3, 0.4) is 0 Å². The Bertz CT molecular complexity index is 1040. The van der Waals surface area contributed by atoms with E-state index in [1.807, 2.05) is 48.5 Å². The van der Waals surface area contributed by atoms with Crippen LogP contribution >= 0.6 is 23.4 Å². The highest BCUT2D eigenvalue weighted by molar-refractivity contribution is 8.13. The average Bonchev–Trinajstić information content (AvgIpc) is 2.68. The highest BCUT2D eigenvalue weighted by Gasteiger charge is 2.35. The summed E-state index contributed by atoms with van der Waals surface area (Å²) in [5.74, 6) is 0.743. The summed E-state index contributed by atoms with van der Waals surface area (Å²) in [6, 6.07) is 15.2. The maximum atomic E-state index is 12.9. The summed E-state index contributed by atoms with van der Waals surface area (Å²) in [4.78, 5) is 17.8. The lowest BCUT2D eigenvalue weighted by Crippen LogP contribution is -2.50. The molecule has 0 saturated carbocycles. The fraction of sp³-hybridized carbons (Fsp3) is 0.250. The van der Waals surface area contributed by atoms with E-state index in [0.717, 1.165) is 34.7 Å². The van der Waals surface area contributed by atoms with Crippen LogP contribution < -0.4 is 15.9 Å². The number of carbonyl (C=O) groups excluding carboxylic acids is 1. The predicted molar refractivity (Wildman–Crippen MR) is 110 cm³/mol. The molecule has 0 bridgehead atoms. The summed E-state index contributed by atoms with van der Waals surface area (Å²) >= 11 is 7.99. The largest absolute Gasteiger partial charge is 0.298 e. The van der Waals surface area contributed by atoms with Crippen molar-refractivity contribution in [2.45, 2.75) is 25.9 Å². The van der Waals surface area contributed by atoms with Crippen LogP contribution in [0.15, 0.2) is 58.6 Å². The molecule has 1 N–H and O–H groups in total. The minimum Gasteiger partial charge on any atom is -0.298 e. The number of halogens is 1. The lowest BCUT2D eigenvalue weighted by molar-refractivity contribution is -0.116. The second-order valence-corrected chi connectivity index (χ2v) is 7.79. The normalized spacial score (nSPS) is 18.2. The molecule has 2 aliphatic heterocycles. The van der Waals surface area contributed by atoms with Crippen molar-refractivity contribution in [2.24, 2.45) is 10.1 Å². The number of fused-ring (bicyclic) bond motifs is 2. The van der Waals surface area contributed by atoms with Gasteiger partial charge in [-0.15, -0.1) is 5.10 Å². The summed E-state index contributed by atoms with van der Waals surface area (Å²) in [5, 5.41) is 12.1. The minimum atomic E-state index is -0.476. The van der Waals surface area contributed by atoms with Crippen molar-refractivity contribution >= 4 is 40.1 Å². The van der Waals surface area contributed by atoms with E-state index in [1.54, 1.807) is 16.8 Å². The Morgan fingerprint density at radius 1 is 1.19 bits per heavy atom. The maximum Gasteiger partial charge on any atom is 0.276 e. The third-order valence-electron chi connectivity index (χ3n) is 4.44. The number of hydrogen-bond acceptors (Lipinski definition) is 5. The van der Waals surface area contributed by atoms with E-state index < -0.39 is 6.17 Å². The number of nitrogens with one attached hydrogen (secondary N) is 1. The zero-order valence-electron chi connectivity index (χ0n) is 14.9. The van der Waals surface area contributed by atoms with E-state index in [1.165, 1.54) is 0 Å². The summed E-state index contributed by atoms with van der Waals surface area (Å²) in [5.41, 5.74) is 1.33. The average molecular weight is 399 g/mol. The molecule has 0 aromatic heterocycles. The van der Waals surface area contributed by atoms with E-state index in [-0.39, 0.29) is 5.91 Å². The van der Waals surface area contributed by atoms with E-state index in [0.29, 0.717) is 15.9 Å². The van der Waals surface area contributed by atoms with E-state index in [9.17, 15) is 4.79 Å². The zero-order chi connectivity index (χ0) is 18.8. The Morgan fingerprint density at radius 2 is 1.96 bits per heavy atom. The van der Waals surface area contributed by atoms with Gasteiger partial charge in [0, 0.05) is 21.6 Å². The number of amides is 1. The van der Waals surface area contributed by atoms with Gasteiger partial charge in [-0.3, -0.25) is 15.1 Å². The zero-order valence-corrected chi connectivity index (χ0v) is 16.4. The lowest BCUT2D eigenvalue weighted by Gasteiger charge is -2.34. The van der Waals surface area contributed by atoms with Crippen molar-refractivity contribution in [3.05, 3.63) is 69.7 Å². The van der Waals surface area contributed by atoms with Crippen LogP contribution in [0.5, 0.6) is 0 Å². The van der Waals surface area contributed by atoms with Crippen molar-refractivity contribution in [1.82, 2.24) is 10.3 Å². The highest BCUT2D eigenvalue weighted by atomic mass is 35.5. The Balaban J connectivity index is 1.86. The first kappa shape index (κ1) is 18.1. The first-order valence-corrected chi connectivity index (χ1v) is 10.3. The number of hydrogen-bond donors (Lipinski definition) is 1. The van der Waals surface area contributed by atoms with Crippen LogP contribution in [0, 0.1) is 0 Å². The number of unbranched alkanes of at least 4 members (excludes halogenated alkanes) is 1. The minimum absolute atomic E-state index is 0.164. The number of benzene rings is 2. The molecule has 0 saturated heterocycles. The molecule has 2 aromatic carbocycles. The monoisotopic (exact) mass is 398 g/mol. The molecule has 1 atom stereocenters. The number of nitrogens with zero attached hydrogens (tertiary/aromatic N) is 3. The molecular weight excluding hydrogens is 380 g/mol. The maximum absolute atomic E-state index is 12.9. The van der Waals surface area contributed by atoms with Gasteiger partial charge in [-0.25, -0.2) is 5.01 Å². The Labute approximate surface area is 166 Å². The molecule has 7 heteroatoms. The van der Waals surface area contributed by atoms with Crippen LogP contribution in [0.25, 0.3) is 5.70 Å². The molecule has 0 spiro atoms. The molecule has 138 valence electrons. The van der Waals surface area contributed by atoms with Gasteiger partial charge >= 0.3 is 0 Å². The lowest BCUT2D eigenvalue weighted by atomic mass is 10.1. The number of amidine groups is 1. The summed E-state index contributed by atoms with van der Waals surface area (Å²) in [6.45, 7) is 2.14. The fourth-order valence-electron chi connectivity index (χ4n) is 3.09. The fourth-order valence-corrected chi connectivity index (χ4v) is 4.26. The Kier molecular flexibility index (Phi) is 5.18. The highest BCUT2D eigenvalue weighted by Crippen LogP contribution is 2.34. The van der Waals surface area contributed by atoms with Crippen LogP contribution in [-0.2, 0) is 4.79 Å². The van der Waals surface area contributed by atoms with Crippen LogP contribution in [0.4, 0.5) is 0 Å². The van der Waals surface area contributed by atoms with Crippen LogP contribution in [-0.4, -0.2) is 21.8 Å². The van der Waals surface area contributed by atoms with Gasteiger partial charge in [0.1, 0.15) is 5.70 Å². The second-order valence-electron chi connectivity index (χ2n) is 6.30. The molecule has 4 rings (SSSR count). The molecule has 1 unspecified atom stereocenters. The number of rotatable bonds is 4. The standard InChI is InChI=1S/C20H19ClN4OS/c1-2-3-12-27-20-23-19(26)17-14-9-5-7-11-16(14)22-18(25(17)24-20)13-8-4-6-10-15(13)21/h4-11,18H,2-3,12H2,1H3,(H,23,24,26). The topological polar surface area (TPSA) is 57.1 Å². The van der Waals surface area contributed by atoms with Crippen molar-refractivity contribution < 1.29 is 4.79 Å². The summed E-state index contributed by atoms with van der Waals surface area (Å²) in [6.07, 6.45) is 1.69. The Morgan fingerprint density at radius 3 is 2.78 bits per heavy atom. The molecule has 0 aliphatic carbocycles. The molecule has 0 fully saturated rings. The van der Waals surface area contributed by atoms with Gasteiger partial charge in [0.2, 0.25) is 0 Å².